The summed E-state index contributed by atoms with van der Waals surface area (Å²) in [5, 5.41) is 4.81. The summed E-state index contributed by atoms with van der Waals surface area (Å²) in [6, 6.07) is 11.3. The summed E-state index contributed by atoms with van der Waals surface area (Å²) in [4.78, 5) is 23.9. The van der Waals surface area contributed by atoms with Crippen molar-refractivity contribution < 1.29 is 27.2 Å². The molecule has 0 bridgehead atoms. The van der Waals surface area contributed by atoms with Gasteiger partial charge in [-0.05, 0) is 24.3 Å². The van der Waals surface area contributed by atoms with E-state index in [0.717, 1.165) is 0 Å². The van der Waals surface area contributed by atoms with E-state index in [9.17, 15) is 18.0 Å². The molecule has 3 rings (SSSR count). The van der Waals surface area contributed by atoms with Crippen molar-refractivity contribution in [1.29, 1.82) is 0 Å². The smallest absolute Gasteiger partial charge is 0.309 e. The van der Waals surface area contributed by atoms with Crippen LogP contribution in [0.3, 0.4) is 0 Å². The number of sulfonamides is 1. The highest BCUT2D eigenvalue weighted by Crippen LogP contribution is 2.21. The van der Waals surface area contributed by atoms with Crippen LogP contribution in [0.5, 0.6) is 0 Å². The summed E-state index contributed by atoms with van der Waals surface area (Å²) in [6.45, 7) is 0.312. The van der Waals surface area contributed by atoms with Crippen LogP contribution in [0.25, 0.3) is 0 Å². The average molecular weight is 393 g/mol. The number of carbonyl (C=O) groups is 2. The number of rotatable bonds is 6. The second-order valence-electron chi connectivity index (χ2n) is 5.73. The maximum Gasteiger partial charge on any atom is 0.309 e. The molecule has 1 atom stereocenters. The van der Waals surface area contributed by atoms with Crippen LogP contribution in [0.2, 0.25) is 0 Å². The second kappa shape index (κ2) is 8.33. The number of hydrogen-bond acceptors (Lipinski definition) is 6. The number of amides is 2. The number of furan rings is 1. The third-order valence-electron chi connectivity index (χ3n) is 3.94. The molecule has 1 aromatic heterocycles. The number of nitrogens with zero attached hydrogens (tertiary/aromatic N) is 1. The van der Waals surface area contributed by atoms with Gasteiger partial charge in [-0.25, -0.2) is 8.42 Å². The molecule has 1 aliphatic rings. The van der Waals surface area contributed by atoms with Gasteiger partial charge in [0.05, 0.1) is 30.9 Å². The molecule has 2 aromatic rings. The van der Waals surface area contributed by atoms with Crippen LogP contribution in [-0.2, 0) is 30.9 Å². The molecule has 0 spiro atoms. The van der Waals surface area contributed by atoms with Crippen molar-refractivity contribution in [1.82, 2.24) is 14.9 Å². The normalized spacial score (nSPS) is 17.6. The van der Waals surface area contributed by atoms with Crippen molar-refractivity contribution in [2.45, 2.75) is 17.7 Å². The average Bonchev–Trinajstić information content (AvgIpc) is 3.36. The molecule has 0 aliphatic carbocycles. The zero-order valence-electron chi connectivity index (χ0n) is 14.3. The van der Waals surface area contributed by atoms with Gasteiger partial charge in [-0.1, -0.05) is 18.2 Å². The quantitative estimate of drug-likeness (QED) is 0.670. The van der Waals surface area contributed by atoms with Crippen molar-refractivity contribution in [3.63, 3.8) is 0 Å². The summed E-state index contributed by atoms with van der Waals surface area (Å²) in [5.41, 5.74) is 0. The van der Waals surface area contributed by atoms with E-state index in [0.29, 0.717) is 5.76 Å². The van der Waals surface area contributed by atoms with Gasteiger partial charge in [0.2, 0.25) is 10.0 Å². The van der Waals surface area contributed by atoms with E-state index in [2.05, 4.69) is 10.6 Å². The number of nitrogens with one attached hydrogen (secondary N) is 2. The first-order chi connectivity index (χ1) is 13.0. The van der Waals surface area contributed by atoms with E-state index in [-0.39, 0.29) is 31.1 Å². The van der Waals surface area contributed by atoms with Crippen LogP contribution in [-0.4, -0.2) is 50.5 Å². The highest BCUT2D eigenvalue weighted by Gasteiger charge is 2.36. The van der Waals surface area contributed by atoms with Crippen LogP contribution in [0.1, 0.15) is 5.76 Å². The molecule has 144 valence electrons. The van der Waals surface area contributed by atoms with Crippen LogP contribution in [0.4, 0.5) is 0 Å². The molecule has 1 aromatic carbocycles. The van der Waals surface area contributed by atoms with E-state index >= 15 is 0 Å². The fourth-order valence-electron chi connectivity index (χ4n) is 2.59. The van der Waals surface area contributed by atoms with Gasteiger partial charge >= 0.3 is 11.8 Å². The minimum atomic E-state index is -3.75. The predicted octanol–water partition coefficient (Wildman–Crippen LogP) is 0.0592. The molecule has 10 heteroatoms. The number of hydrogen-bond donors (Lipinski definition) is 2. The van der Waals surface area contributed by atoms with E-state index in [1.165, 1.54) is 22.7 Å². The molecular formula is C17H19N3O6S. The lowest BCUT2D eigenvalue weighted by Crippen LogP contribution is -2.47. The molecule has 1 saturated heterocycles. The third-order valence-corrected chi connectivity index (χ3v) is 5.84. The van der Waals surface area contributed by atoms with Crippen molar-refractivity contribution in [3.05, 3.63) is 54.5 Å². The first kappa shape index (κ1) is 19.1. The highest BCUT2D eigenvalue weighted by molar-refractivity contribution is 7.89. The van der Waals surface area contributed by atoms with Gasteiger partial charge in [-0.2, -0.15) is 4.31 Å². The third kappa shape index (κ3) is 4.54. The van der Waals surface area contributed by atoms with E-state index in [1.54, 1.807) is 30.3 Å². The van der Waals surface area contributed by atoms with Gasteiger partial charge in [0, 0.05) is 6.54 Å². The van der Waals surface area contributed by atoms with Crippen LogP contribution >= 0.6 is 0 Å². The first-order valence-electron chi connectivity index (χ1n) is 8.25. The number of ether oxygens (including phenoxy) is 1. The maximum absolute atomic E-state index is 12.7. The summed E-state index contributed by atoms with van der Waals surface area (Å²) >= 11 is 0. The summed E-state index contributed by atoms with van der Waals surface area (Å²) in [5.74, 6) is -1.22. The molecule has 0 radical (unpaired) electrons. The molecule has 0 saturated carbocycles. The topological polar surface area (TPSA) is 118 Å². The minimum absolute atomic E-state index is 0.0771. The van der Waals surface area contributed by atoms with E-state index in [4.69, 9.17) is 9.15 Å². The van der Waals surface area contributed by atoms with Gasteiger partial charge in [-0.15, -0.1) is 0 Å². The maximum atomic E-state index is 12.7. The lowest BCUT2D eigenvalue weighted by molar-refractivity contribution is -0.139. The number of carbonyl (C=O) groups excluding carboxylic acids is 2. The molecule has 2 amide bonds. The van der Waals surface area contributed by atoms with Gasteiger partial charge in [0.1, 0.15) is 12.0 Å². The van der Waals surface area contributed by atoms with Crippen molar-refractivity contribution in [3.8, 4) is 0 Å². The van der Waals surface area contributed by atoms with Gasteiger partial charge in [0.15, 0.2) is 0 Å². The summed E-state index contributed by atoms with van der Waals surface area (Å²) in [7, 11) is -3.75. The SMILES string of the molecule is O=C(NCc1ccco1)C(=O)NC[C@@H]1OCCN1S(=O)(=O)c1ccccc1. The Hall–Kier alpha value is -2.69. The lowest BCUT2D eigenvalue weighted by atomic mass is 10.4. The Morgan fingerprint density at radius 3 is 2.52 bits per heavy atom. The van der Waals surface area contributed by atoms with Crippen LogP contribution in [0, 0.1) is 0 Å². The Balaban J connectivity index is 1.55. The minimum Gasteiger partial charge on any atom is -0.467 e. The zero-order chi connectivity index (χ0) is 19.3. The molecule has 1 fully saturated rings. The van der Waals surface area contributed by atoms with Crippen molar-refractivity contribution in [2.75, 3.05) is 19.7 Å². The first-order valence-corrected chi connectivity index (χ1v) is 9.69. The number of benzene rings is 1. The highest BCUT2D eigenvalue weighted by atomic mass is 32.2. The molecular weight excluding hydrogens is 374 g/mol. The Morgan fingerprint density at radius 2 is 1.81 bits per heavy atom. The predicted molar refractivity (Wildman–Crippen MR) is 93.6 cm³/mol. The second-order valence-corrected chi connectivity index (χ2v) is 7.62. The van der Waals surface area contributed by atoms with E-state index < -0.39 is 28.1 Å². The standard InChI is InChI=1S/C17H19N3O6S/c21-16(18-11-13-5-4-9-25-13)17(22)19-12-15-20(8-10-26-15)27(23,24)14-6-2-1-3-7-14/h1-7,9,15H,8,10-12H2,(H,18,21)(H,19,22)/t15-/m0/s1. The molecule has 2 N–H and O–H groups in total. The summed E-state index contributed by atoms with van der Waals surface area (Å²) in [6.07, 6.45) is 0.581. The van der Waals surface area contributed by atoms with Crippen LogP contribution in [0.15, 0.2) is 58.0 Å². The Morgan fingerprint density at radius 1 is 1.07 bits per heavy atom. The largest absolute Gasteiger partial charge is 0.467 e. The van der Waals surface area contributed by atoms with Crippen molar-refractivity contribution in [2.24, 2.45) is 0 Å². The van der Waals surface area contributed by atoms with Gasteiger partial charge in [-0.3, -0.25) is 9.59 Å². The fourth-order valence-corrected chi connectivity index (χ4v) is 4.12. The molecule has 0 unspecified atom stereocenters. The van der Waals surface area contributed by atoms with Gasteiger partial charge < -0.3 is 19.8 Å². The Bertz CT molecular complexity index is 883. The van der Waals surface area contributed by atoms with Gasteiger partial charge in [0.25, 0.3) is 0 Å². The Kier molecular flexibility index (Phi) is 5.89. The lowest BCUT2D eigenvalue weighted by Gasteiger charge is -2.22. The molecule has 1 aliphatic heterocycles. The van der Waals surface area contributed by atoms with E-state index in [1.807, 2.05) is 0 Å². The molecule has 2 heterocycles. The van der Waals surface area contributed by atoms with Crippen LogP contribution < -0.4 is 10.6 Å². The monoisotopic (exact) mass is 393 g/mol. The zero-order valence-corrected chi connectivity index (χ0v) is 15.1. The van der Waals surface area contributed by atoms with Crippen molar-refractivity contribution >= 4 is 21.8 Å². The molecule has 9 nitrogen and oxygen atoms in total. The Labute approximate surface area is 156 Å². The molecule has 27 heavy (non-hydrogen) atoms. The summed E-state index contributed by atoms with van der Waals surface area (Å²) < 4.78 is 37.0. The fraction of sp³-hybridized carbons (Fsp3) is 0.294.